The molecule has 0 atom stereocenters. The zero-order valence-corrected chi connectivity index (χ0v) is 11.4. The molecule has 0 aliphatic rings. The number of imidazole rings is 1. The number of nitrogens with zero attached hydrogens (tertiary/aromatic N) is 3. The van der Waals surface area contributed by atoms with Gasteiger partial charge in [0, 0.05) is 5.39 Å². The molecule has 1 aromatic carbocycles. The van der Waals surface area contributed by atoms with Crippen LogP contribution in [-0.4, -0.2) is 14.6 Å². The Bertz CT molecular complexity index is 939. The van der Waals surface area contributed by atoms with Crippen LogP contribution in [0.15, 0.2) is 47.0 Å². The lowest BCUT2D eigenvalue weighted by molar-refractivity contribution is 0.625. The number of benzene rings is 1. The molecule has 0 spiro atoms. The minimum Gasteiger partial charge on any atom is -0.454 e. The van der Waals surface area contributed by atoms with Crippen LogP contribution < -0.4 is 0 Å². The highest BCUT2D eigenvalue weighted by Gasteiger charge is 2.12. The van der Waals surface area contributed by atoms with Crippen LogP contribution in [0.1, 0.15) is 5.56 Å². The molecule has 0 aliphatic carbocycles. The average Bonchev–Trinajstić information content (AvgIpc) is 3.00. The molecule has 0 saturated heterocycles. The smallest absolute Gasteiger partial charge is 0.155 e. The molecule has 0 radical (unpaired) electrons. The summed E-state index contributed by atoms with van der Waals surface area (Å²) in [6.45, 7) is 2.04. The predicted molar refractivity (Wildman–Crippen MR) is 77.9 cm³/mol. The minimum atomic E-state index is 0.420. The van der Waals surface area contributed by atoms with E-state index in [1.165, 1.54) is 0 Å². The summed E-state index contributed by atoms with van der Waals surface area (Å²) in [6.07, 6.45) is 1.74. The second-order valence-electron chi connectivity index (χ2n) is 4.72. The Labute approximate surface area is 119 Å². The first kappa shape index (κ1) is 11.5. The summed E-state index contributed by atoms with van der Waals surface area (Å²) < 4.78 is 7.58. The number of furan rings is 1. The van der Waals surface area contributed by atoms with Crippen molar-refractivity contribution in [3.63, 3.8) is 0 Å². The fourth-order valence-electron chi connectivity index (χ4n) is 2.28. The van der Waals surface area contributed by atoms with Gasteiger partial charge in [-0.3, -0.25) is 0 Å². The second kappa shape index (κ2) is 4.08. The molecular formula is C15H10ClN3O. The minimum absolute atomic E-state index is 0.420. The quantitative estimate of drug-likeness (QED) is 0.528. The lowest BCUT2D eigenvalue weighted by Crippen LogP contribution is -1.93. The van der Waals surface area contributed by atoms with Gasteiger partial charge >= 0.3 is 0 Å². The van der Waals surface area contributed by atoms with E-state index >= 15 is 0 Å². The molecule has 4 rings (SSSR count). The Morgan fingerprint density at radius 1 is 1.15 bits per heavy atom. The molecule has 0 aliphatic heterocycles. The van der Waals surface area contributed by atoms with Gasteiger partial charge in [-0.15, -0.1) is 0 Å². The van der Waals surface area contributed by atoms with Crippen LogP contribution >= 0.6 is 11.6 Å². The molecular weight excluding hydrogens is 274 g/mol. The van der Waals surface area contributed by atoms with Gasteiger partial charge in [-0.05, 0) is 36.8 Å². The van der Waals surface area contributed by atoms with Crippen molar-refractivity contribution in [2.75, 3.05) is 0 Å². The van der Waals surface area contributed by atoms with Crippen LogP contribution in [0.2, 0.25) is 5.15 Å². The van der Waals surface area contributed by atoms with Gasteiger partial charge in [-0.1, -0.05) is 23.7 Å². The fourth-order valence-corrected chi connectivity index (χ4v) is 2.42. The standard InChI is InChI=1S/C15H10ClN3O/c1-9-2-3-10-7-13(20-12(10)6-9)11-8-17-15-5-4-14(16)18-19(11)15/h2-8H,1H3. The van der Waals surface area contributed by atoms with Gasteiger partial charge in [0.1, 0.15) is 16.4 Å². The van der Waals surface area contributed by atoms with Gasteiger partial charge in [-0.25, -0.2) is 9.50 Å². The maximum absolute atomic E-state index is 5.94. The van der Waals surface area contributed by atoms with Crippen LogP contribution in [0.5, 0.6) is 0 Å². The molecule has 4 nitrogen and oxygen atoms in total. The van der Waals surface area contributed by atoms with Crippen LogP contribution in [0.3, 0.4) is 0 Å². The lowest BCUT2D eigenvalue weighted by Gasteiger charge is -1.97. The SMILES string of the molecule is Cc1ccc2cc(-c3cnc4ccc(Cl)nn34)oc2c1. The zero-order valence-electron chi connectivity index (χ0n) is 10.7. The van der Waals surface area contributed by atoms with Crippen molar-refractivity contribution in [3.05, 3.63) is 53.3 Å². The molecule has 3 aromatic heterocycles. The van der Waals surface area contributed by atoms with Crippen LogP contribution in [0.4, 0.5) is 0 Å². The third kappa shape index (κ3) is 1.69. The summed E-state index contributed by atoms with van der Waals surface area (Å²) in [5, 5.41) is 5.74. The first-order valence-electron chi connectivity index (χ1n) is 6.21. The summed E-state index contributed by atoms with van der Waals surface area (Å²) in [5.41, 5.74) is 3.55. The summed E-state index contributed by atoms with van der Waals surface area (Å²) in [7, 11) is 0. The van der Waals surface area contributed by atoms with E-state index in [9.17, 15) is 0 Å². The van der Waals surface area contributed by atoms with Crippen molar-refractivity contribution in [2.45, 2.75) is 6.92 Å². The van der Waals surface area contributed by atoms with Crippen molar-refractivity contribution >= 4 is 28.2 Å². The molecule has 98 valence electrons. The van der Waals surface area contributed by atoms with Gasteiger partial charge in [0.05, 0.1) is 6.20 Å². The summed E-state index contributed by atoms with van der Waals surface area (Å²) in [6, 6.07) is 11.6. The first-order chi connectivity index (χ1) is 9.70. The Balaban J connectivity index is 1.98. The molecule has 4 aromatic rings. The van der Waals surface area contributed by atoms with Crippen LogP contribution in [0, 0.1) is 6.92 Å². The van der Waals surface area contributed by atoms with Gasteiger partial charge in [0.15, 0.2) is 11.4 Å². The third-order valence-corrected chi connectivity index (χ3v) is 3.46. The van der Waals surface area contributed by atoms with E-state index in [1.807, 2.05) is 31.2 Å². The third-order valence-electron chi connectivity index (χ3n) is 3.26. The topological polar surface area (TPSA) is 43.3 Å². The Morgan fingerprint density at radius 2 is 2.05 bits per heavy atom. The largest absolute Gasteiger partial charge is 0.454 e. The highest BCUT2D eigenvalue weighted by Crippen LogP contribution is 2.28. The Morgan fingerprint density at radius 3 is 2.95 bits per heavy atom. The van der Waals surface area contributed by atoms with Crippen molar-refractivity contribution in [3.8, 4) is 11.5 Å². The zero-order chi connectivity index (χ0) is 13.7. The van der Waals surface area contributed by atoms with E-state index in [0.29, 0.717) is 5.15 Å². The molecule has 0 bridgehead atoms. The van der Waals surface area contributed by atoms with Gasteiger partial charge in [0.2, 0.25) is 0 Å². The van der Waals surface area contributed by atoms with E-state index in [-0.39, 0.29) is 0 Å². The van der Waals surface area contributed by atoms with E-state index in [2.05, 4.69) is 16.1 Å². The molecule has 0 amide bonds. The van der Waals surface area contributed by atoms with Crippen molar-refractivity contribution in [1.29, 1.82) is 0 Å². The highest BCUT2D eigenvalue weighted by atomic mass is 35.5. The number of aromatic nitrogens is 3. The summed E-state index contributed by atoms with van der Waals surface area (Å²) in [5.74, 6) is 0.730. The Kier molecular flexibility index (Phi) is 2.35. The van der Waals surface area contributed by atoms with Gasteiger partial charge in [-0.2, -0.15) is 5.10 Å². The normalized spacial score (nSPS) is 11.5. The molecule has 5 heteroatoms. The monoisotopic (exact) mass is 283 g/mol. The number of hydrogen-bond acceptors (Lipinski definition) is 3. The maximum Gasteiger partial charge on any atom is 0.155 e. The molecule has 0 unspecified atom stereocenters. The first-order valence-corrected chi connectivity index (χ1v) is 6.59. The number of fused-ring (bicyclic) bond motifs is 2. The fraction of sp³-hybridized carbons (Fsp3) is 0.0667. The average molecular weight is 284 g/mol. The highest BCUT2D eigenvalue weighted by molar-refractivity contribution is 6.29. The molecule has 0 fully saturated rings. The lowest BCUT2D eigenvalue weighted by atomic mass is 10.2. The molecule has 20 heavy (non-hydrogen) atoms. The van der Waals surface area contributed by atoms with Crippen LogP contribution in [-0.2, 0) is 0 Å². The number of rotatable bonds is 1. The van der Waals surface area contributed by atoms with Crippen molar-refractivity contribution in [2.24, 2.45) is 0 Å². The number of hydrogen-bond donors (Lipinski definition) is 0. The summed E-state index contributed by atoms with van der Waals surface area (Å²) in [4.78, 5) is 4.31. The second-order valence-corrected chi connectivity index (χ2v) is 5.11. The van der Waals surface area contributed by atoms with Crippen molar-refractivity contribution in [1.82, 2.24) is 14.6 Å². The Hall–Kier alpha value is -2.33. The van der Waals surface area contributed by atoms with E-state index in [1.54, 1.807) is 16.8 Å². The number of halogens is 1. The van der Waals surface area contributed by atoms with E-state index in [4.69, 9.17) is 16.0 Å². The van der Waals surface area contributed by atoms with Gasteiger partial charge in [0.25, 0.3) is 0 Å². The molecule has 0 saturated carbocycles. The summed E-state index contributed by atoms with van der Waals surface area (Å²) >= 11 is 5.94. The molecule has 0 N–H and O–H groups in total. The number of aryl methyl sites for hydroxylation is 1. The van der Waals surface area contributed by atoms with Crippen LogP contribution in [0.25, 0.3) is 28.1 Å². The molecule has 3 heterocycles. The van der Waals surface area contributed by atoms with E-state index in [0.717, 1.165) is 33.6 Å². The van der Waals surface area contributed by atoms with Gasteiger partial charge < -0.3 is 4.42 Å². The predicted octanol–water partition coefficient (Wildman–Crippen LogP) is 4.10. The van der Waals surface area contributed by atoms with E-state index < -0.39 is 0 Å². The van der Waals surface area contributed by atoms with Crippen molar-refractivity contribution < 1.29 is 4.42 Å². The maximum atomic E-state index is 5.94.